The summed E-state index contributed by atoms with van der Waals surface area (Å²) in [5, 5.41) is 7.39. The van der Waals surface area contributed by atoms with Crippen molar-refractivity contribution < 1.29 is 9.47 Å². The fourth-order valence-corrected chi connectivity index (χ4v) is 1.60. The van der Waals surface area contributed by atoms with Crippen molar-refractivity contribution in [2.45, 2.75) is 6.61 Å². The van der Waals surface area contributed by atoms with Gasteiger partial charge in [-0.25, -0.2) is 0 Å². The number of nitrogens with one attached hydrogen (secondary N) is 1. The predicted molar refractivity (Wildman–Crippen MR) is 79.8 cm³/mol. The maximum atomic E-state index is 7.39. The summed E-state index contributed by atoms with van der Waals surface area (Å²) in [6, 6.07) is 8.94. The first-order valence-electron chi connectivity index (χ1n) is 5.75. The SMILES string of the molecule is COc1cc(C(=N)N)ccc1OCc1cccnc1.Cl. The number of nitrogens with two attached hydrogens (primary N) is 1. The van der Waals surface area contributed by atoms with Crippen LogP contribution in [0.2, 0.25) is 0 Å². The van der Waals surface area contributed by atoms with E-state index < -0.39 is 0 Å². The molecule has 0 bridgehead atoms. The fraction of sp³-hybridized carbons (Fsp3) is 0.143. The third kappa shape index (κ3) is 3.86. The summed E-state index contributed by atoms with van der Waals surface area (Å²) in [5.41, 5.74) is 7.01. The molecule has 106 valence electrons. The first kappa shape index (κ1) is 15.8. The van der Waals surface area contributed by atoms with E-state index in [0.717, 1.165) is 5.56 Å². The molecule has 6 heteroatoms. The van der Waals surface area contributed by atoms with Gasteiger partial charge < -0.3 is 15.2 Å². The number of nitrogens with zero attached hydrogens (tertiary/aromatic N) is 1. The summed E-state index contributed by atoms with van der Waals surface area (Å²) in [7, 11) is 1.55. The van der Waals surface area contributed by atoms with Gasteiger partial charge in [-0.1, -0.05) is 6.07 Å². The van der Waals surface area contributed by atoms with Crippen molar-refractivity contribution in [3.05, 3.63) is 53.9 Å². The van der Waals surface area contributed by atoms with Gasteiger partial charge in [0.25, 0.3) is 0 Å². The van der Waals surface area contributed by atoms with Crippen LogP contribution >= 0.6 is 12.4 Å². The number of hydrogen-bond donors (Lipinski definition) is 2. The van der Waals surface area contributed by atoms with Crippen LogP contribution in [0.1, 0.15) is 11.1 Å². The van der Waals surface area contributed by atoms with Crippen molar-refractivity contribution in [1.82, 2.24) is 4.98 Å². The molecule has 0 aliphatic carbocycles. The van der Waals surface area contributed by atoms with E-state index in [1.165, 1.54) is 0 Å². The summed E-state index contributed by atoms with van der Waals surface area (Å²) in [6.45, 7) is 0.406. The normalized spacial score (nSPS) is 9.45. The second-order valence-corrected chi connectivity index (χ2v) is 3.93. The first-order valence-corrected chi connectivity index (χ1v) is 5.75. The van der Waals surface area contributed by atoms with Gasteiger partial charge in [-0.05, 0) is 24.3 Å². The van der Waals surface area contributed by atoms with Crippen LogP contribution in [0.25, 0.3) is 0 Å². The third-order valence-electron chi connectivity index (χ3n) is 2.59. The standard InChI is InChI=1S/C14H15N3O2.ClH/c1-18-13-7-11(14(15)16)4-5-12(13)19-9-10-3-2-6-17-8-10;/h2-8H,9H2,1H3,(H3,15,16);1H. The summed E-state index contributed by atoms with van der Waals surface area (Å²) >= 11 is 0. The number of nitrogen functional groups attached to an aromatic ring is 1. The van der Waals surface area contributed by atoms with E-state index in [1.807, 2.05) is 12.1 Å². The molecule has 2 aromatic rings. The smallest absolute Gasteiger partial charge is 0.161 e. The fourth-order valence-electron chi connectivity index (χ4n) is 1.60. The van der Waals surface area contributed by atoms with Gasteiger partial charge in [0.15, 0.2) is 11.5 Å². The Morgan fingerprint density at radius 3 is 2.70 bits per heavy atom. The lowest BCUT2D eigenvalue weighted by Crippen LogP contribution is -2.11. The predicted octanol–water partition coefficient (Wildman–Crippen LogP) is 2.38. The Balaban J connectivity index is 0.00000200. The topological polar surface area (TPSA) is 81.2 Å². The van der Waals surface area contributed by atoms with Crippen molar-refractivity contribution in [2.24, 2.45) is 5.73 Å². The number of halogens is 1. The van der Waals surface area contributed by atoms with E-state index in [0.29, 0.717) is 23.7 Å². The summed E-state index contributed by atoms with van der Waals surface area (Å²) in [6.07, 6.45) is 3.46. The summed E-state index contributed by atoms with van der Waals surface area (Å²) in [5.74, 6) is 1.16. The molecule has 0 aliphatic rings. The van der Waals surface area contributed by atoms with Gasteiger partial charge in [-0.15, -0.1) is 12.4 Å². The molecule has 20 heavy (non-hydrogen) atoms. The zero-order valence-electron chi connectivity index (χ0n) is 11.0. The van der Waals surface area contributed by atoms with Gasteiger partial charge in [0.05, 0.1) is 7.11 Å². The van der Waals surface area contributed by atoms with Gasteiger partial charge in [0.2, 0.25) is 0 Å². The molecule has 0 spiro atoms. The average Bonchev–Trinajstić information content (AvgIpc) is 2.45. The highest BCUT2D eigenvalue weighted by molar-refractivity contribution is 5.95. The Morgan fingerprint density at radius 2 is 2.10 bits per heavy atom. The Morgan fingerprint density at radius 1 is 1.30 bits per heavy atom. The highest BCUT2D eigenvalue weighted by atomic mass is 35.5. The van der Waals surface area contributed by atoms with Crippen LogP contribution in [0, 0.1) is 5.41 Å². The zero-order valence-corrected chi connectivity index (χ0v) is 11.8. The third-order valence-corrected chi connectivity index (χ3v) is 2.59. The number of amidine groups is 1. The van der Waals surface area contributed by atoms with Crippen molar-refractivity contribution in [1.29, 1.82) is 5.41 Å². The molecule has 2 rings (SSSR count). The molecule has 3 N–H and O–H groups in total. The molecule has 0 saturated heterocycles. The second-order valence-electron chi connectivity index (χ2n) is 3.93. The summed E-state index contributed by atoms with van der Waals surface area (Å²) < 4.78 is 10.9. The Labute approximate surface area is 123 Å². The highest BCUT2D eigenvalue weighted by Crippen LogP contribution is 2.28. The highest BCUT2D eigenvalue weighted by Gasteiger charge is 2.07. The van der Waals surface area contributed by atoms with Crippen molar-refractivity contribution >= 4 is 18.2 Å². The molecule has 0 aliphatic heterocycles. The quantitative estimate of drug-likeness (QED) is 0.655. The van der Waals surface area contributed by atoms with Crippen molar-refractivity contribution in [3.8, 4) is 11.5 Å². The first-order chi connectivity index (χ1) is 9.20. The molecular weight excluding hydrogens is 278 g/mol. The minimum absolute atomic E-state index is 0. The lowest BCUT2D eigenvalue weighted by molar-refractivity contribution is 0.284. The van der Waals surface area contributed by atoms with Crippen LogP contribution < -0.4 is 15.2 Å². The zero-order chi connectivity index (χ0) is 13.7. The number of benzene rings is 1. The van der Waals surface area contributed by atoms with Crippen molar-refractivity contribution in [3.63, 3.8) is 0 Å². The second kappa shape index (κ2) is 7.35. The molecule has 5 nitrogen and oxygen atoms in total. The van der Waals surface area contributed by atoms with E-state index in [4.69, 9.17) is 20.6 Å². The Hall–Kier alpha value is -2.27. The monoisotopic (exact) mass is 293 g/mol. The van der Waals surface area contributed by atoms with Gasteiger partial charge in [0.1, 0.15) is 12.4 Å². The molecule has 0 amide bonds. The number of hydrogen-bond acceptors (Lipinski definition) is 4. The van der Waals surface area contributed by atoms with Crippen LogP contribution in [0.3, 0.4) is 0 Å². The average molecular weight is 294 g/mol. The van der Waals surface area contributed by atoms with Crippen LogP contribution in [-0.4, -0.2) is 17.9 Å². The van der Waals surface area contributed by atoms with Crippen molar-refractivity contribution in [2.75, 3.05) is 7.11 Å². The van der Waals surface area contributed by atoms with Crippen LogP contribution in [0.4, 0.5) is 0 Å². The van der Waals surface area contributed by atoms with Crippen LogP contribution in [-0.2, 0) is 6.61 Å². The maximum Gasteiger partial charge on any atom is 0.161 e. The van der Waals surface area contributed by atoms with Gasteiger partial charge in [0, 0.05) is 23.5 Å². The molecule has 1 aromatic carbocycles. The maximum absolute atomic E-state index is 7.39. The lowest BCUT2D eigenvalue weighted by atomic mass is 10.2. The number of ether oxygens (including phenoxy) is 2. The van der Waals surface area contributed by atoms with E-state index in [2.05, 4.69) is 4.98 Å². The molecule has 0 saturated carbocycles. The lowest BCUT2D eigenvalue weighted by Gasteiger charge is -2.11. The van der Waals surface area contributed by atoms with E-state index in [1.54, 1.807) is 37.7 Å². The molecule has 0 atom stereocenters. The van der Waals surface area contributed by atoms with E-state index in [9.17, 15) is 0 Å². The van der Waals surface area contributed by atoms with E-state index >= 15 is 0 Å². The molecule has 0 fully saturated rings. The Kier molecular flexibility index (Phi) is 5.80. The van der Waals surface area contributed by atoms with Gasteiger partial charge in [-0.3, -0.25) is 10.4 Å². The minimum atomic E-state index is -0.00268. The number of pyridine rings is 1. The van der Waals surface area contributed by atoms with Crippen LogP contribution in [0.15, 0.2) is 42.7 Å². The molecular formula is C14H16ClN3O2. The molecule has 0 radical (unpaired) electrons. The molecule has 0 unspecified atom stereocenters. The van der Waals surface area contributed by atoms with Gasteiger partial charge >= 0.3 is 0 Å². The number of aromatic nitrogens is 1. The van der Waals surface area contributed by atoms with E-state index in [-0.39, 0.29) is 18.2 Å². The molecule has 1 heterocycles. The molecule has 1 aromatic heterocycles. The number of methoxy groups -OCH3 is 1. The largest absolute Gasteiger partial charge is 0.493 e. The Bertz CT molecular complexity index is 576. The van der Waals surface area contributed by atoms with Crippen LogP contribution in [0.5, 0.6) is 11.5 Å². The number of rotatable bonds is 5. The summed E-state index contributed by atoms with van der Waals surface area (Å²) in [4.78, 5) is 4.02. The van der Waals surface area contributed by atoms with Gasteiger partial charge in [-0.2, -0.15) is 0 Å². The minimum Gasteiger partial charge on any atom is -0.493 e.